The van der Waals surface area contributed by atoms with Gasteiger partial charge in [-0.05, 0) is 24.3 Å². The predicted molar refractivity (Wildman–Crippen MR) is 80.7 cm³/mol. The normalized spacial score (nSPS) is 10.4. The van der Waals surface area contributed by atoms with Gasteiger partial charge in [-0.3, -0.25) is 0 Å². The monoisotopic (exact) mass is 296 g/mol. The molecule has 3 aromatic rings. The molecule has 0 spiro atoms. The van der Waals surface area contributed by atoms with E-state index in [2.05, 4.69) is 20.3 Å². The van der Waals surface area contributed by atoms with Crippen LogP contribution in [0.2, 0.25) is 0 Å². The molecule has 0 saturated carbocycles. The van der Waals surface area contributed by atoms with Gasteiger partial charge in [-0.25, -0.2) is 19.3 Å². The minimum absolute atomic E-state index is 0.0963. The van der Waals surface area contributed by atoms with Crippen molar-refractivity contribution in [3.63, 3.8) is 0 Å². The fourth-order valence-corrected chi connectivity index (χ4v) is 2.03. The molecule has 6 heteroatoms. The Balaban J connectivity index is 1.84. The van der Waals surface area contributed by atoms with Crippen molar-refractivity contribution < 1.29 is 9.50 Å². The summed E-state index contributed by atoms with van der Waals surface area (Å²) in [6.45, 7) is 0.308. The molecular weight excluding hydrogens is 283 g/mol. The second-order valence-corrected chi connectivity index (χ2v) is 4.60. The van der Waals surface area contributed by atoms with Crippen LogP contribution in [-0.2, 0) is 6.54 Å². The summed E-state index contributed by atoms with van der Waals surface area (Å²) in [5.41, 5.74) is 1.33. The first-order chi connectivity index (χ1) is 10.7. The van der Waals surface area contributed by atoms with Crippen LogP contribution in [0.15, 0.2) is 55.0 Å². The number of nitrogens with zero attached hydrogens (tertiary/aromatic N) is 3. The fraction of sp³-hybridized carbons (Fsp3) is 0.0625. The third kappa shape index (κ3) is 3.01. The number of hydrogen-bond acceptors (Lipinski definition) is 5. The molecule has 0 fully saturated rings. The summed E-state index contributed by atoms with van der Waals surface area (Å²) >= 11 is 0. The molecule has 2 aromatic heterocycles. The van der Waals surface area contributed by atoms with Crippen molar-refractivity contribution in [3.05, 3.63) is 66.4 Å². The van der Waals surface area contributed by atoms with Gasteiger partial charge in [0.2, 0.25) is 0 Å². The smallest absolute Gasteiger partial charge is 0.162 e. The van der Waals surface area contributed by atoms with Gasteiger partial charge in [-0.2, -0.15) is 0 Å². The number of phenolic OH excluding ortho intramolecular Hbond substituents is 1. The van der Waals surface area contributed by atoms with Crippen LogP contribution in [0.1, 0.15) is 5.56 Å². The molecule has 5 nitrogen and oxygen atoms in total. The van der Waals surface area contributed by atoms with Crippen LogP contribution < -0.4 is 5.32 Å². The van der Waals surface area contributed by atoms with Crippen molar-refractivity contribution in [1.82, 2.24) is 15.0 Å². The molecule has 110 valence electrons. The van der Waals surface area contributed by atoms with Gasteiger partial charge in [-0.1, -0.05) is 6.07 Å². The first-order valence-electron chi connectivity index (χ1n) is 6.68. The number of pyridine rings is 1. The van der Waals surface area contributed by atoms with Gasteiger partial charge < -0.3 is 10.4 Å². The Bertz CT molecular complexity index is 780. The maximum atomic E-state index is 13.0. The van der Waals surface area contributed by atoms with E-state index >= 15 is 0 Å². The zero-order chi connectivity index (χ0) is 15.4. The lowest BCUT2D eigenvalue weighted by molar-refractivity contribution is 0.463. The topological polar surface area (TPSA) is 70.9 Å². The van der Waals surface area contributed by atoms with Crippen molar-refractivity contribution in [2.75, 3.05) is 5.32 Å². The van der Waals surface area contributed by atoms with E-state index in [4.69, 9.17) is 0 Å². The maximum Gasteiger partial charge on any atom is 0.162 e. The lowest BCUT2D eigenvalue weighted by atomic mass is 10.2. The Kier molecular flexibility index (Phi) is 3.91. The van der Waals surface area contributed by atoms with E-state index in [-0.39, 0.29) is 5.75 Å². The van der Waals surface area contributed by atoms with Crippen LogP contribution in [0.5, 0.6) is 5.75 Å². The van der Waals surface area contributed by atoms with Crippen LogP contribution in [0.3, 0.4) is 0 Å². The number of nitrogens with one attached hydrogen (secondary N) is 1. The van der Waals surface area contributed by atoms with Gasteiger partial charge in [0.25, 0.3) is 0 Å². The molecule has 0 saturated heterocycles. The summed E-state index contributed by atoms with van der Waals surface area (Å²) in [7, 11) is 0. The van der Waals surface area contributed by atoms with Gasteiger partial charge in [0, 0.05) is 36.8 Å². The van der Waals surface area contributed by atoms with E-state index in [0.717, 1.165) is 11.6 Å². The van der Waals surface area contributed by atoms with Gasteiger partial charge in [0.1, 0.15) is 17.4 Å². The van der Waals surface area contributed by atoms with Crippen LogP contribution in [0.4, 0.5) is 10.2 Å². The zero-order valence-corrected chi connectivity index (χ0v) is 11.6. The third-order valence-electron chi connectivity index (χ3n) is 3.11. The molecule has 0 atom stereocenters. The molecule has 2 N–H and O–H groups in total. The summed E-state index contributed by atoms with van der Waals surface area (Å²) in [6, 6.07) is 9.30. The average Bonchev–Trinajstić information content (AvgIpc) is 2.55. The van der Waals surface area contributed by atoms with Gasteiger partial charge in [0.15, 0.2) is 5.82 Å². The highest BCUT2D eigenvalue weighted by Gasteiger charge is 2.09. The van der Waals surface area contributed by atoms with Gasteiger partial charge in [-0.15, -0.1) is 0 Å². The summed E-state index contributed by atoms with van der Waals surface area (Å²) in [5, 5.41) is 12.8. The van der Waals surface area contributed by atoms with Crippen molar-refractivity contribution in [1.29, 1.82) is 0 Å². The van der Waals surface area contributed by atoms with Crippen molar-refractivity contribution in [2.45, 2.75) is 6.54 Å². The SMILES string of the molecule is Oc1cc(F)ccc1CNc1ncccc1-c1ncccn1. The second kappa shape index (κ2) is 6.17. The minimum Gasteiger partial charge on any atom is -0.507 e. The lowest BCUT2D eigenvalue weighted by Gasteiger charge is -2.11. The number of hydrogen-bond donors (Lipinski definition) is 2. The van der Waals surface area contributed by atoms with Crippen LogP contribution >= 0.6 is 0 Å². The highest BCUT2D eigenvalue weighted by atomic mass is 19.1. The molecule has 2 heterocycles. The van der Waals surface area contributed by atoms with Crippen LogP contribution in [0, 0.1) is 5.82 Å². The number of aromatic nitrogens is 3. The molecule has 0 aliphatic carbocycles. The molecule has 0 radical (unpaired) electrons. The molecule has 0 bridgehead atoms. The molecule has 3 rings (SSSR count). The third-order valence-corrected chi connectivity index (χ3v) is 3.11. The first-order valence-corrected chi connectivity index (χ1v) is 6.68. The number of anilines is 1. The molecular formula is C16H13FN4O. The minimum atomic E-state index is -0.475. The van der Waals surface area contributed by atoms with Crippen LogP contribution in [0.25, 0.3) is 11.4 Å². The Morgan fingerprint density at radius 2 is 1.77 bits per heavy atom. The molecule has 0 unspecified atom stereocenters. The van der Waals surface area contributed by atoms with E-state index < -0.39 is 5.82 Å². The Morgan fingerprint density at radius 3 is 2.55 bits per heavy atom. The molecule has 0 amide bonds. The standard InChI is InChI=1S/C16H13FN4O/c17-12-5-4-11(14(22)9-12)10-21-16-13(3-1-6-18-16)15-19-7-2-8-20-15/h1-9,22H,10H2,(H,18,21). The van der Waals surface area contributed by atoms with Crippen molar-refractivity contribution in [3.8, 4) is 17.1 Å². The second-order valence-electron chi connectivity index (χ2n) is 4.60. The summed E-state index contributed by atoms with van der Waals surface area (Å²) in [5.74, 6) is 0.581. The quantitative estimate of drug-likeness (QED) is 0.774. The molecule has 0 aliphatic heterocycles. The fourth-order valence-electron chi connectivity index (χ4n) is 2.03. The van der Waals surface area contributed by atoms with E-state index in [9.17, 15) is 9.50 Å². The summed E-state index contributed by atoms with van der Waals surface area (Å²) in [6.07, 6.45) is 4.97. The lowest BCUT2D eigenvalue weighted by Crippen LogP contribution is -2.04. The Hall–Kier alpha value is -3.02. The number of rotatable bonds is 4. The zero-order valence-electron chi connectivity index (χ0n) is 11.6. The van der Waals surface area contributed by atoms with E-state index in [0.29, 0.717) is 23.8 Å². The van der Waals surface area contributed by atoms with E-state index in [1.54, 1.807) is 30.7 Å². The Morgan fingerprint density at radius 1 is 1.00 bits per heavy atom. The average molecular weight is 296 g/mol. The maximum absolute atomic E-state index is 13.0. The predicted octanol–water partition coefficient (Wildman–Crippen LogP) is 3.00. The van der Waals surface area contributed by atoms with Crippen molar-refractivity contribution in [2.24, 2.45) is 0 Å². The van der Waals surface area contributed by atoms with Crippen molar-refractivity contribution >= 4 is 5.82 Å². The largest absolute Gasteiger partial charge is 0.507 e. The Labute approximate surface area is 126 Å². The molecule has 22 heavy (non-hydrogen) atoms. The van der Waals surface area contributed by atoms with Gasteiger partial charge >= 0.3 is 0 Å². The number of aromatic hydroxyl groups is 1. The number of halogens is 1. The van der Waals surface area contributed by atoms with Gasteiger partial charge in [0.05, 0.1) is 5.56 Å². The highest BCUT2D eigenvalue weighted by Crippen LogP contribution is 2.24. The van der Waals surface area contributed by atoms with E-state index in [1.807, 2.05) is 6.07 Å². The number of phenols is 1. The summed E-state index contributed by atoms with van der Waals surface area (Å²) in [4.78, 5) is 12.7. The first kappa shape index (κ1) is 13.9. The number of benzene rings is 1. The van der Waals surface area contributed by atoms with Crippen LogP contribution in [-0.4, -0.2) is 20.1 Å². The summed E-state index contributed by atoms with van der Waals surface area (Å²) < 4.78 is 13.0. The van der Waals surface area contributed by atoms with E-state index in [1.165, 1.54) is 12.1 Å². The molecule has 0 aliphatic rings. The highest BCUT2D eigenvalue weighted by molar-refractivity contribution is 5.69. The molecule has 1 aromatic carbocycles.